The number of carboxylic acid groups (broad SMARTS) is 1. The van der Waals surface area contributed by atoms with Crippen LogP contribution in [0.2, 0.25) is 0 Å². The summed E-state index contributed by atoms with van der Waals surface area (Å²) in [7, 11) is 1.35. The molecule has 1 unspecified atom stereocenters. The molecule has 8 heteroatoms. The van der Waals surface area contributed by atoms with Gasteiger partial charge in [-0.25, -0.2) is 9.59 Å². The molecule has 0 aromatic heterocycles. The second kappa shape index (κ2) is 9.70. The maximum atomic E-state index is 12.8. The summed E-state index contributed by atoms with van der Waals surface area (Å²) in [4.78, 5) is 38.4. The molecular formula is C27H32N2O6. The number of carboxylic acids is 1. The molecule has 186 valence electrons. The summed E-state index contributed by atoms with van der Waals surface area (Å²) < 4.78 is 10.8. The fourth-order valence-electron chi connectivity index (χ4n) is 4.97. The van der Waals surface area contributed by atoms with Gasteiger partial charge in [-0.2, -0.15) is 0 Å². The number of methoxy groups -OCH3 is 1. The quantitative estimate of drug-likeness (QED) is 0.598. The predicted octanol–water partition coefficient (Wildman–Crippen LogP) is 3.64. The molecular weight excluding hydrogens is 448 g/mol. The number of ether oxygens (including phenoxy) is 2. The Labute approximate surface area is 205 Å². The summed E-state index contributed by atoms with van der Waals surface area (Å²) in [6.45, 7) is 4.58. The molecule has 1 fully saturated rings. The Hall–Kier alpha value is -3.39. The van der Waals surface area contributed by atoms with E-state index in [1.54, 1.807) is 0 Å². The molecule has 0 radical (unpaired) electrons. The molecule has 0 bridgehead atoms. The van der Waals surface area contributed by atoms with Gasteiger partial charge in [-0.15, -0.1) is 0 Å². The van der Waals surface area contributed by atoms with E-state index >= 15 is 0 Å². The number of hydrogen-bond acceptors (Lipinski definition) is 5. The fraction of sp³-hybridized carbons (Fsp3) is 0.444. The first kappa shape index (κ1) is 24.7. The molecule has 0 spiro atoms. The normalized spacial score (nSPS) is 19.2. The Morgan fingerprint density at radius 3 is 2.23 bits per heavy atom. The Kier molecular flexibility index (Phi) is 6.85. The van der Waals surface area contributed by atoms with Crippen molar-refractivity contribution in [2.45, 2.75) is 38.2 Å². The van der Waals surface area contributed by atoms with Gasteiger partial charge in [-0.05, 0) is 27.7 Å². The number of carbonyl (C=O) groups is 3. The summed E-state index contributed by atoms with van der Waals surface area (Å²) in [5.41, 5.74) is 2.74. The molecule has 1 aliphatic carbocycles. The van der Waals surface area contributed by atoms with Gasteiger partial charge in [0, 0.05) is 39.0 Å². The number of fused-ring (bicyclic) bond motifs is 3. The lowest BCUT2D eigenvalue weighted by atomic mass is 9.88. The minimum Gasteiger partial charge on any atom is -0.479 e. The van der Waals surface area contributed by atoms with Crippen LogP contribution < -0.4 is 5.32 Å². The molecule has 2 N–H and O–H groups in total. The van der Waals surface area contributed by atoms with Gasteiger partial charge in [0.1, 0.15) is 6.61 Å². The van der Waals surface area contributed by atoms with Crippen LogP contribution in [0.15, 0.2) is 48.5 Å². The lowest BCUT2D eigenvalue weighted by Gasteiger charge is -2.28. The van der Waals surface area contributed by atoms with E-state index in [2.05, 4.69) is 29.6 Å². The van der Waals surface area contributed by atoms with Gasteiger partial charge in [-0.3, -0.25) is 4.79 Å². The van der Waals surface area contributed by atoms with E-state index in [1.807, 2.05) is 38.1 Å². The number of alkyl carbamates (subject to hydrolysis) is 1. The molecule has 8 nitrogen and oxygen atoms in total. The van der Waals surface area contributed by atoms with E-state index in [0.29, 0.717) is 6.54 Å². The molecule has 35 heavy (non-hydrogen) atoms. The van der Waals surface area contributed by atoms with Crippen molar-refractivity contribution in [3.8, 4) is 11.1 Å². The van der Waals surface area contributed by atoms with Crippen LogP contribution in [0.1, 0.15) is 43.7 Å². The molecule has 4 rings (SSSR count). The first-order valence-corrected chi connectivity index (χ1v) is 11.8. The molecule has 1 heterocycles. The van der Waals surface area contributed by atoms with Crippen LogP contribution in [0, 0.1) is 5.41 Å². The van der Waals surface area contributed by atoms with Gasteiger partial charge >= 0.3 is 12.1 Å². The number of carbonyl (C=O) groups excluding carboxylic acids is 2. The topological polar surface area (TPSA) is 105 Å². The third-order valence-corrected chi connectivity index (χ3v) is 7.05. The number of nitrogens with zero attached hydrogens (tertiary/aromatic N) is 1. The van der Waals surface area contributed by atoms with Crippen LogP contribution in [0.5, 0.6) is 0 Å². The molecule has 2 aromatic carbocycles. The van der Waals surface area contributed by atoms with Crippen LogP contribution in [-0.2, 0) is 19.1 Å². The van der Waals surface area contributed by atoms with Crippen molar-refractivity contribution >= 4 is 18.0 Å². The lowest BCUT2D eigenvalue weighted by Crippen LogP contribution is -2.45. The second-order valence-electron chi connectivity index (χ2n) is 10.1. The molecule has 0 saturated carbocycles. The standard InChI is InChI=1S/C27H32N2O6/c1-26(2,14-23(30)29-13-12-27(17-29,34-3)24(31)32)16-28-25(33)35-15-22-20-10-6-4-8-18(20)19-9-5-7-11-21(19)22/h4-11,22H,12-17H2,1-3H3,(H,28,33)(H,31,32). The highest BCUT2D eigenvalue weighted by molar-refractivity contribution is 5.83. The first-order valence-electron chi connectivity index (χ1n) is 11.8. The van der Waals surface area contributed by atoms with Gasteiger partial charge in [0.05, 0.1) is 6.54 Å². The fourth-order valence-corrected chi connectivity index (χ4v) is 4.97. The van der Waals surface area contributed by atoms with Crippen LogP contribution in [0.25, 0.3) is 11.1 Å². The molecule has 1 atom stereocenters. The average molecular weight is 481 g/mol. The van der Waals surface area contributed by atoms with Crippen molar-refractivity contribution < 1.29 is 29.0 Å². The third-order valence-electron chi connectivity index (χ3n) is 7.05. The van der Waals surface area contributed by atoms with Crippen molar-refractivity contribution in [3.63, 3.8) is 0 Å². The smallest absolute Gasteiger partial charge is 0.407 e. The maximum absolute atomic E-state index is 12.8. The molecule has 2 aromatic rings. The van der Waals surface area contributed by atoms with Crippen molar-refractivity contribution in [2.24, 2.45) is 5.41 Å². The summed E-state index contributed by atoms with van der Waals surface area (Å²) in [5, 5.41) is 12.2. The number of likely N-dealkylation sites (tertiary alicyclic amines) is 1. The summed E-state index contributed by atoms with van der Waals surface area (Å²) in [5.74, 6) is -1.25. The van der Waals surface area contributed by atoms with E-state index in [4.69, 9.17) is 9.47 Å². The van der Waals surface area contributed by atoms with Crippen LogP contribution in [0.4, 0.5) is 4.79 Å². The van der Waals surface area contributed by atoms with E-state index < -0.39 is 23.1 Å². The SMILES string of the molecule is COC1(C(=O)O)CCN(C(=O)CC(C)(C)CNC(=O)OCC2c3ccccc3-c3ccccc32)C1. The van der Waals surface area contributed by atoms with Crippen molar-refractivity contribution in [1.29, 1.82) is 0 Å². The highest BCUT2D eigenvalue weighted by Gasteiger charge is 2.47. The number of hydrogen-bond donors (Lipinski definition) is 2. The zero-order chi connectivity index (χ0) is 25.2. The van der Waals surface area contributed by atoms with E-state index in [9.17, 15) is 19.5 Å². The molecule has 1 aliphatic heterocycles. The van der Waals surface area contributed by atoms with Gasteiger partial charge in [-0.1, -0.05) is 62.4 Å². The first-order chi connectivity index (χ1) is 16.7. The number of benzene rings is 2. The lowest BCUT2D eigenvalue weighted by molar-refractivity contribution is -0.161. The summed E-state index contributed by atoms with van der Waals surface area (Å²) >= 11 is 0. The van der Waals surface area contributed by atoms with Gasteiger partial charge in [0.2, 0.25) is 5.91 Å². The number of aliphatic carboxylic acids is 1. The largest absolute Gasteiger partial charge is 0.479 e. The van der Waals surface area contributed by atoms with E-state index in [-0.39, 0.29) is 44.4 Å². The molecule has 2 aliphatic rings. The van der Waals surface area contributed by atoms with Crippen molar-refractivity contribution in [2.75, 3.05) is 33.4 Å². The van der Waals surface area contributed by atoms with Crippen LogP contribution in [-0.4, -0.2) is 66.9 Å². The van der Waals surface area contributed by atoms with E-state index in [1.165, 1.54) is 23.1 Å². The Morgan fingerprint density at radius 1 is 1.09 bits per heavy atom. The van der Waals surface area contributed by atoms with Gasteiger partial charge in [0.25, 0.3) is 0 Å². The molecule has 2 amide bonds. The number of rotatable bonds is 8. The minimum atomic E-state index is -1.35. The van der Waals surface area contributed by atoms with Crippen LogP contribution >= 0.6 is 0 Å². The number of amides is 2. The van der Waals surface area contributed by atoms with E-state index in [0.717, 1.165) is 11.1 Å². The monoisotopic (exact) mass is 480 g/mol. The average Bonchev–Trinajstić information content (AvgIpc) is 3.42. The zero-order valence-electron chi connectivity index (χ0n) is 20.4. The third kappa shape index (κ3) is 5.03. The maximum Gasteiger partial charge on any atom is 0.407 e. The Balaban J connectivity index is 1.29. The number of nitrogens with one attached hydrogen (secondary N) is 1. The summed E-state index contributed by atoms with van der Waals surface area (Å²) in [6, 6.07) is 16.3. The highest BCUT2D eigenvalue weighted by atomic mass is 16.5. The van der Waals surface area contributed by atoms with Gasteiger partial charge in [0.15, 0.2) is 5.60 Å². The minimum absolute atomic E-state index is 0.0202. The predicted molar refractivity (Wildman–Crippen MR) is 130 cm³/mol. The Morgan fingerprint density at radius 2 is 1.69 bits per heavy atom. The molecule has 1 saturated heterocycles. The Bertz CT molecular complexity index is 1080. The highest BCUT2D eigenvalue weighted by Crippen LogP contribution is 2.44. The zero-order valence-corrected chi connectivity index (χ0v) is 20.4. The van der Waals surface area contributed by atoms with Crippen LogP contribution in [0.3, 0.4) is 0 Å². The van der Waals surface area contributed by atoms with Gasteiger partial charge < -0.3 is 24.8 Å². The van der Waals surface area contributed by atoms with Crippen molar-refractivity contribution in [1.82, 2.24) is 10.2 Å². The summed E-state index contributed by atoms with van der Waals surface area (Å²) in [6.07, 6.45) is -0.114. The van der Waals surface area contributed by atoms with Crippen molar-refractivity contribution in [3.05, 3.63) is 59.7 Å². The second-order valence-corrected chi connectivity index (χ2v) is 10.1.